The van der Waals surface area contributed by atoms with E-state index < -0.39 is 0 Å². The van der Waals surface area contributed by atoms with Crippen molar-refractivity contribution in [3.63, 3.8) is 0 Å². The van der Waals surface area contributed by atoms with E-state index in [4.69, 9.17) is 0 Å². The lowest BCUT2D eigenvalue weighted by Gasteiger charge is -2.48. The summed E-state index contributed by atoms with van der Waals surface area (Å²) >= 11 is 0. The predicted octanol–water partition coefficient (Wildman–Crippen LogP) is 12.3. The van der Waals surface area contributed by atoms with E-state index in [1.807, 2.05) is 0 Å². The van der Waals surface area contributed by atoms with Gasteiger partial charge in [-0.05, 0) is 104 Å². The molecule has 5 aliphatic carbocycles. The van der Waals surface area contributed by atoms with Crippen molar-refractivity contribution in [1.29, 1.82) is 0 Å². The van der Waals surface area contributed by atoms with Gasteiger partial charge in [0.2, 0.25) is 0 Å². The largest absolute Gasteiger partial charge is 0.0654 e. The molecule has 0 aromatic carbocycles. The lowest BCUT2D eigenvalue weighted by atomic mass is 9.57. The maximum Gasteiger partial charge on any atom is -0.0324 e. The van der Waals surface area contributed by atoms with Gasteiger partial charge >= 0.3 is 0 Å². The Hall–Kier alpha value is 0. The third-order valence-corrected chi connectivity index (χ3v) is 12.8. The molecule has 0 aromatic heterocycles. The Labute approximate surface area is 234 Å². The van der Waals surface area contributed by atoms with Crippen LogP contribution in [0.2, 0.25) is 0 Å². The van der Waals surface area contributed by atoms with E-state index >= 15 is 0 Å². The quantitative estimate of drug-likeness (QED) is 0.332. The molecule has 0 aliphatic heterocycles. The van der Waals surface area contributed by atoms with Crippen molar-refractivity contribution in [3.8, 4) is 0 Å². The van der Waals surface area contributed by atoms with Crippen molar-refractivity contribution in [2.24, 2.45) is 59.2 Å². The molecule has 0 spiro atoms. The molecular formula is C37H68. The zero-order valence-corrected chi connectivity index (χ0v) is 26.0. The van der Waals surface area contributed by atoms with Gasteiger partial charge in [-0.1, -0.05) is 130 Å². The van der Waals surface area contributed by atoms with Crippen LogP contribution in [0.25, 0.3) is 0 Å². The van der Waals surface area contributed by atoms with Crippen molar-refractivity contribution < 1.29 is 0 Å². The fraction of sp³-hybridized carbons (Fsp3) is 1.00. The van der Waals surface area contributed by atoms with Crippen LogP contribution in [0.3, 0.4) is 0 Å². The SMILES string of the molecule is CCC1CCC(C2CCC(C)C2)CC1.CCCCC1C(C)CC2CCCC2C1C1CCCCCCCC1. The minimum Gasteiger partial charge on any atom is -0.0654 e. The highest BCUT2D eigenvalue weighted by Gasteiger charge is 2.46. The van der Waals surface area contributed by atoms with Crippen LogP contribution in [0.1, 0.15) is 175 Å². The standard InChI is InChI=1S/C23H42.C14H26/c1-3-4-15-21-18(2)17-20-14-11-16-22(20)23(21)19-12-9-7-5-6-8-10-13-19;1-3-12-5-8-13(9-6-12)14-7-4-11(2)10-14/h18-23H,3-17H2,1-2H3;11-14H,3-10H2,1-2H3. The van der Waals surface area contributed by atoms with E-state index in [0.717, 1.165) is 59.2 Å². The van der Waals surface area contributed by atoms with E-state index in [-0.39, 0.29) is 0 Å². The number of unbranched alkanes of at least 4 members (excludes halogenated alkanes) is 1. The molecule has 5 rings (SSSR count). The molecule has 5 saturated carbocycles. The molecule has 7 atom stereocenters. The minimum atomic E-state index is 1.01. The third-order valence-electron chi connectivity index (χ3n) is 12.8. The Balaban J connectivity index is 0.000000195. The second-order valence-electron chi connectivity index (χ2n) is 15.3. The van der Waals surface area contributed by atoms with Crippen LogP contribution >= 0.6 is 0 Å². The molecule has 37 heavy (non-hydrogen) atoms. The first-order valence-corrected chi connectivity index (χ1v) is 18.1. The summed E-state index contributed by atoms with van der Waals surface area (Å²) in [6.07, 6.45) is 35.2. The Morgan fingerprint density at radius 3 is 1.81 bits per heavy atom. The highest BCUT2D eigenvalue weighted by Crippen LogP contribution is 2.55. The summed E-state index contributed by atoms with van der Waals surface area (Å²) in [4.78, 5) is 0. The normalized spacial score (nSPS) is 41.7. The van der Waals surface area contributed by atoms with Crippen molar-refractivity contribution in [2.75, 3.05) is 0 Å². The van der Waals surface area contributed by atoms with E-state index in [1.165, 1.54) is 77.0 Å². The fourth-order valence-electron chi connectivity index (χ4n) is 10.6. The van der Waals surface area contributed by atoms with Gasteiger partial charge in [0, 0.05) is 0 Å². The van der Waals surface area contributed by atoms with Gasteiger partial charge in [-0.25, -0.2) is 0 Å². The van der Waals surface area contributed by atoms with Crippen LogP contribution in [0.15, 0.2) is 0 Å². The van der Waals surface area contributed by atoms with Crippen molar-refractivity contribution >= 4 is 0 Å². The zero-order chi connectivity index (χ0) is 26.0. The van der Waals surface area contributed by atoms with Crippen LogP contribution in [0.4, 0.5) is 0 Å². The van der Waals surface area contributed by atoms with E-state index in [2.05, 4.69) is 27.7 Å². The number of hydrogen-bond donors (Lipinski definition) is 0. The topological polar surface area (TPSA) is 0 Å². The molecule has 0 N–H and O–H groups in total. The van der Waals surface area contributed by atoms with Gasteiger partial charge in [0.15, 0.2) is 0 Å². The van der Waals surface area contributed by atoms with Crippen LogP contribution in [0.5, 0.6) is 0 Å². The number of rotatable bonds is 6. The predicted molar refractivity (Wildman–Crippen MR) is 164 cm³/mol. The average molecular weight is 513 g/mol. The van der Waals surface area contributed by atoms with E-state index in [9.17, 15) is 0 Å². The van der Waals surface area contributed by atoms with Crippen LogP contribution in [0, 0.1) is 59.2 Å². The summed E-state index contributed by atoms with van der Waals surface area (Å²) in [6, 6.07) is 0. The Kier molecular flexibility index (Phi) is 12.7. The molecule has 0 saturated heterocycles. The maximum absolute atomic E-state index is 2.62. The Morgan fingerprint density at radius 2 is 1.19 bits per heavy atom. The number of fused-ring (bicyclic) bond motifs is 1. The lowest BCUT2D eigenvalue weighted by Crippen LogP contribution is -2.41. The first-order valence-electron chi connectivity index (χ1n) is 18.1. The highest BCUT2D eigenvalue weighted by molar-refractivity contribution is 4.96. The maximum atomic E-state index is 2.62. The summed E-state index contributed by atoms with van der Waals surface area (Å²) in [7, 11) is 0. The van der Waals surface area contributed by atoms with Gasteiger partial charge in [-0.15, -0.1) is 0 Å². The fourth-order valence-corrected chi connectivity index (χ4v) is 10.6. The molecule has 5 aliphatic rings. The molecule has 0 nitrogen and oxygen atoms in total. The highest BCUT2D eigenvalue weighted by atomic mass is 14.5. The van der Waals surface area contributed by atoms with Gasteiger partial charge in [0.05, 0.1) is 0 Å². The number of hydrogen-bond acceptors (Lipinski definition) is 0. The minimum absolute atomic E-state index is 1.01. The monoisotopic (exact) mass is 513 g/mol. The molecule has 0 bridgehead atoms. The van der Waals surface area contributed by atoms with Gasteiger partial charge < -0.3 is 0 Å². The molecule has 7 unspecified atom stereocenters. The summed E-state index contributed by atoms with van der Waals surface area (Å²) in [5.41, 5.74) is 0. The first-order chi connectivity index (χ1) is 18.1. The second-order valence-corrected chi connectivity index (χ2v) is 15.3. The van der Waals surface area contributed by atoms with Crippen molar-refractivity contribution in [3.05, 3.63) is 0 Å². The van der Waals surface area contributed by atoms with Gasteiger partial charge in [-0.3, -0.25) is 0 Å². The molecule has 0 amide bonds. The molecule has 0 radical (unpaired) electrons. The molecule has 0 aromatic rings. The zero-order valence-electron chi connectivity index (χ0n) is 26.0. The summed E-state index contributed by atoms with van der Waals surface area (Å²) < 4.78 is 0. The Morgan fingerprint density at radius 1 is 0.541 bits per heavy atom. The molecule has 216 valence electrons. The summed E-state index contributed by atoms with van der Waals surface area (Å²) in [5.74, 6) is 10.8. The summed E-state index contributed by atoms with van der Waals surface area (Å²) in [6.45, 7) is 9.82. The smallest absolute Gasteiger partial charge is 0.0324 e. The van der Waals surface area contributed by atoms with Crippen molar-refractivity contribution in [1.82, 2.24) is 0 Å². The van der Waals surface area contributed by atoms with E-state index in [0.29, 0.717) is 0 Å². The van der Waals surface area contributed by atoms with Crippen molar-refractivity contribution in [2.45, 2.75) is 175 Å². The van der Waals surface area contributed by atoms with Gasteiger partial charge in [0.1, 0.15) is 0 Å². The average Bonchev–Trinajstić information content (AvgIpc) is 3.58. The van der Waals surface area contributed by atoms with Gasteiger partial charge in [0.25, 0.3) is 0 Å². The summed E-state index contributed by atoms with van der Waals surface area (Å²) in [5, 5.41) is 0. The Bertz CT molecular complexity index is 589. The lowest BCUT2D eigenvalue weighted by molar-refractivity contribution is 0.00764. The van der Waals surface area contributed by atoms with Crippen LogP contribution in [-0.4, -0.2) is 0 Å². The third kappa shape index (κ3) is 8.49. The molecule has 0 heterocycles. The first kappa shape index (κ1) is 30.0. The molecular weight excluding hydrogens is 444 g/mol. The van der Waals surface area contributed by atoms with Crippen LogP contribution in [-0.2, 0) is 0 Å². The van der Waals surface area contributed by atoms with Gasteiger partial charge in [-0.2, -0.15) is 0 Å². The second kappa shape index (κ2) is 15.7. The van der Waals surface area contributed by atoms with E-state index in [1.54, 1.807) is 70.6 Å². The van der Waals surface area contributed by atoms with Crippen LogP contribution < -0.4 is 0 Å². The molecule has 5 fully saturated rings. The molecule has 0 heteroatoms.